The minimum atomic E-state index is -4.55. The van der Waals surface area contributed by atoms with Gasteiger partial charge in [-0.15, -0.1) is 0 Å². The molecule has 0 aliphatic rings. The quantitative estimate of drug-likeness (QED) is 0.405. The van der Waals surface area contributed by atoms with Crippen LogP contribution in [0.2, 0.25) is 0 Å². The standard InChI is InChI=1S/C16H10F3N3O3/c1-9(23)15-14(10-3-2-4-12(7-10)22(24)25)20-13-8-11(16(17,18)19)5-6-21(13)15/h2-8H,1H3. The van der Waals surface area contributed by atoms with Gasteiger partial charge in [-0.1, -0.05) is 12.1 Å². The first-order chi connectivity index (χ1) is 11.7. The lowest BCUT2D eigenvalue weighted by molar-refractivity contribution is -0.384. The van der Waals surface area contributed by atoms with Crippen molar-refractivity contribution in [3.8, 4) is 11.3 Å². The Balaban J connectivity index is 2.27. The van der Waals surface area contributed by atoms with Crippen molar-refractivity contribution in [1.29, 1.82) is 0 Å². The summed E-state index contributed by atoms with van der Waals surface area (Å²) >= 11 is 0. The fraction of sp³-hybridized carbons (Fsp3) is 0.125. The van der Waals surface area contributed by atoms with Crippen molar-refractivity contribution < 1.29 is 22.9 Å². The number of ketones is 1. The van der Waals surface area contributed by atoms with Gasteiger partial charge in [0.2, 0.25) is 0 Å². The van der Waals surface area contributed by atoms with Gasteiger partial charge in [-0.05, 0) is 12.1 Å². The number of rotatable bonds is 3. The summed E-state index contributed by atoms with van der Waals surface area (Å²) in [6.07, 6.45) is -3.43. The van der Waals surface area contributed by atoms with Gasteiger partial charge in [-0.3, -0.25) is 19.3 Å². The topological polar surface area (TPSA) is 77.5 Å². The lowest BCUT2D eigenvalue weighted by atomic mass is 10.1. The number of hydrogen-bond donors (Lipinski definition) is 0. The first-order valence-electron chi connectivity index (χ1n) is 7.03. The van der Waals surface area contributed by atoms with Crippen LogP contribution in [0.15, 0.2) is 42.6 Å². The van der Waals surface area contributed by atoms with Gasteiger partial charge in [-0.2, -0.15) is 13.2 Å². The molecule has 0 spiro atoms. The Morgan fingerprint density at radius 2 is 1.96 bits per heavy atom. The number of halogens is 3. The maximum absolute atomic E-state index is 12.9. The molecule has 0 atom stereocenters. The van der Waals surface area contributed by atoms with E-state index in [-0.39, 0.29) is 28.3 Å². The van der Waals surface area contributed by atoms with Gasteiger partial charge in [0.25, 0.3) is 5.69 Å². The smallest absolute Gasteiger partial charge is 0.296 e. The minimum absolute atomic E-state index is 0.0595. The largest absolute Gasteiger partial charge is 0.416 e. The van der Waals surface area contributed by atoms with E-state index >= 15 is 0 Å². The van der Waals surface area contributed by atoms with Gasteiger partial charge < -0.3 is 0 Å². The molecule has 0 radical (unpaired) electrons. The fourth-order valence-electron chi connectivity index (χ4n) is 2.53. The number of alkyl halides is 3. The highest BCUT2D eigenvalue weighted by Gasteiger charge is 2.31. The third-order valence-electron chi connectivity index (χ3n) is 3.62. The highest BCUT2D eigenvalue weighted by Crippen LogP contribution is 2.32. The predicted octanol–water partition coefficient (Wildman–Crippen LogP) is 4.13. The Bertz CT molecular complexity index is 1010. The van der Waals surface area contributed by atoms with Crippen LogP contribution in [-0.2, 0) is 6.18 Å². The molecule has 1 aromatic carbocycles. The number of aromatic nitrogens is 2. The van der Waals surface area contributed by atoms with E-state index in [1.165, 1.54) is 35.6 Å². The second-order valence-corrected chi connectivity index (χ2v) is 5.31. The number of Topliss-reactive ketones (excluding diaryl/α,β-unsaturated/α-hetero) is 1. The number of carbonyl (C=O) groups excluding carboxylic acids is 1. The molecule has 2 aromatic heterocycles. The molecule has 3 aromatic rings. The molecule has 0 N–H and O–H groups in total. The highest BCUT2D eigenvalue weighted by molar-refractivity contribution is 5.99. The van der Waals surface area contributed by atoms with Crippen molar-refractivity contribution in [1.82, 2.24) is 9.38 Å². The minimum Gasteiger partial charge on any atom is -0.296 e. The summed E-state index contributed by atoms with van der Waals surface area (Å²) < 4.78 is 39.8. The molecule has 0 aliphatic carbocycles. The van der Waals surface area contributed by atoms with E-state index in [1.54, 1.807) is 0 Å². The molecule has 0 bridgehead atoms. The van der Waals surface area contributed by atoms with Gasteiger partial charge in [0.15, 0.2) is 5.78 Å². The molecule has 25 heavy (non-hydrogen) atoms. The van der Waals surface area contributed by atoms with Crippen LogP contribution in [0.25, 0.3) is 16.9 Å². The van der Waals surface area contributed by atoms with Crippen LogP contribution < -0.4 is 0 Å². The van der Waals surface area contributed by atoms with Crippen LogP contribution in [0, 0.1) is 10.1 Å². The first kappa shape index (κ1) is 16.6. The molecular formula is C16H10F3N3O3. The van der Waals surface area contributed by atoms with E-state index in [0.717, 1.165) is 18.3 Å². The Morgan fingerprint density at radius 3 is 2.56 bits per heavy atom. The number of carbonyl (C=O) groups is 1. The summed E-state index contributed by atoms with van der Waals surface area (Å²) in [7, 11) is 0. The molecule has 0 saturated heterocycles. The Hall–Kier alpha value is -3.23. The zero-order chi connectivity index (χ0) is 18.4. The van der Waals surface area contributed by atoms with Crippen molar-refractivity contribution in [3.63, 3.8) is 0 Å². The summed E-state index contributed by atoms with van der Waals surface area (Å²) in [5.41, 5.74) is -0.747. The van der Waals surface area contributed by atoms with Crippen LogP contribution in [0.4, 0.5) is 18.9 Å². The van der Waals surface area contributed by atoms with E-state index in [9.17, 15) is 28.1 Å². The highest BCUT2D eigenvalue weighted by atomic mass is 19.4. The summed E-state index contributed by atoms with van der Waals surface area (Å²) in [6, 6.07) is 7.09. The van der Waals surface area contributed by atoms with Gasteiger partial charge >= 0.3 is 6.18 Å². The molecule has 9 heteroatoms. The zero-order valence-corrected chi connectivity index (χ0v) is 12.7. The van der Waals surface area contributed by atoms with Crippen molar-refractivity contribution >= 4 is 17.1 Å². The Kier molecular flexibility index (Phi) is 3.78. The van der Waals surface area contributed by atoms with Crippen molar-refractivity contribution in [2.45, 2.75) is 13.1 Å². The Labute approximate surface area is 138 Å². The van der Waals surface area contributed by atoms with Crippen LogP contribution in [-0.4, -0.2) is 20.1 Å². The van der Waals surface area contributed by atoms with E-state index in [2.05, 4.69) is 4.98 Å². The van der Waals surface area contributed by atoms with Crippen LogP contribution in [0.5, 0.6) is 0 Å². The molecule has 6 nitrogen and oxygen atoms in total. The van der Waals surface area contributed by atoms with Gasteiger partial charge in [0, 0.05) is 30.8 Å². The van der Waals surface area contributed by atoms with Crippen molar-refractivity contribution in [3.05, 3.63) is 64.0 Å². The number of non-ortho nitro benzene ring substituents is 1. The summed E-state index contributed by atoms with van der Waals surface area (Å²) in [5, 5.41) is 10.9. The maximum atomic E-state index is 12.9. The summed E-state index contributed by atoms with van der Waals surface area (Å²) in [5.74, 6) is -0.422. The van der Waals surface area contributed by atoms with E-state index < -0.39 is 22.4 Å². The number of imidazole rings is 1. The number of nitro groups is 1. The number of nitrogens with zero attached hydrogens (tertiary/aromatic N) is 3. The molecule has 0 unspecified atom stereocenters. The monoisotopic (exact) mass is 349 g/mol. The third-order valence-corrected chi connectivity index (χ3v) is 3.62. The third kappa shape index (κ3) is 2.95. The second-order valence-electron chi connectivity index (χ2n) is 5.31. The number of benzene rings is 1. The molecule has 0 amide bonds. The lowest BCUT2D eigenvalue weighted by Gasteiger charge is -2.06. The number of fused-ring (bicyclic) bond motifs is 1. The molecular weight excluding hydrogens is 339 g/mol. The SMILES string of the molecule is CC(=O)c1c(-c2cccc([N+](=O)[O-])c2)nc2cc(C(F)(F)F)ccn12. The second kappa shape index (κ2) is 5.69. The summed E-state index contributed by atoms with van der Waals surface area (Å²) in [4.78, 5) is 26.4. The van der Waals surface area contributed by atoms with E-state index in [0.29, 0.717) is 0 Å². The average molecular weight is 349 g/mol. The Morgan fingerprint density at radius 1 is 1.24 bits per heavy atom. The van der Waals surface area contributed by atoms with E-state index in [1.807, 2.05) is 0 Å². The summed E-state index contributed by atoms with van der Waals surface area (Å²) in [6.45, 7) is 1.25. The average Bonchev–Trinajstić information content (AvgIpc) is 2.92. The normalized spacial score (nSPS) is 11.7. The van der Waals surface area contributed by atoms with Gasteiger partial charge in [-0.25, -0.2) is 4.98 Å². The number of nitro benzene ring substituents is 1. The zero-order valence-electron chi connectivity index (χ0n) is 12.7. The molecule has 128 valence electrons. The number of pyridine rings is 1. The predicted molar refractivity (Wildman–Crippen MR) is 82.3 cm³/mol. The van der Waals surface area contributed by atoms with Crippen molar-refractivity contribution in [2.24, 2.45) is 0 Å². The fourth-order valence-corrected chi connectivity index (χ4v) is 2.53. The molecule has 3 rings (SSSR count). The van der Waals surface area contributed by atoms with Crippen LogP contribution in [0.3, 0.4) is 0 Å². The van der Waals surface area contributed by atoms with Crippen molar-refractivity contribution in [2.75, 3.05) is 0 Å². The molecule has 0 saturated carbocycles. The maximum Gasteiger partial charge on any atom is 0.416 e. The number of hydrogen-bond acceptors (Lipinski definition) is 4. The molecule has 0 fully saturated rings. The van der Waals surface area contributed by atoms with Crippen LogP contribution >= 0.6 is 0 Å². The molecule has 2 heterocycles. The van der Waals surface area contributed by atoms with Gasteiger partial charge in [0.05, 0.1) is 10.5 Å². The van der Waals surface area contributed by atoms with Gasteiger partial charge in [0.1, 0.15) is 17.0 Å². The van der Waals surface area contributed by atoms with Crippen LogP contribution in [0.1, 0.15) is 23.0 Å². The lowest BCUT2D eigenvalue weighted by Crippen LogP contribution is -2.06. The van der Waals surface area contributed by atoms with E-state index in [4.69, 9.17) is 0 Å². The first-order valence-corrected chi connectivity index (χ1v) is 7.03. The molecule has 0 aliphatic heterocycles.